The Balaban J connectivity index is 1.91. The first-order chi connectivity index (χ1) is 13.7. The second-order valence-electron chi connectivity index (χ2n) is 6.37. The molecule has 0 atom stereocenters. The maximum Gasteiger partial charge on any atom is 0.259 e. The fourth-order valence-corrected chi connectivity index (χ4v) is 5.28. The van der Waals surface area contributed by atoms with Crippen molar-refractivity contribution in [2.24, 2.45) is 0 Å². The first kappa shape index (κ1) is 22.4. The molecule has 0 aliphatic heterocycles. The molecule has 0 aliphatic rings. The van der Waals surface area contributed by atoms with E-state index in [1.165, 1.54) is 0 Å². The summed E-state index contributed by atoms with van der Waals surface area (Å²) in [7, 11) is 0. The van der Waals surface area contributed by atoms with Gasteiger partial charge in [0.2, 0.25) is 0 Å². The molecule has 1 amide bonds. The molecular weight excluding hydrogens is 635 g/mol. The van der Waals surface area contributed by atoms with Gasteiger partial charge >= 0.3 is 0 Å². The lowest BCUT2D eigenvalue weighted by molar-refractivity contribution is 0.102. The number of carbonyl (C=O) groups excluding carboxylic acids is 1. The fraction of sp³-hybridized carbons (Fsp3) is 0.0455. The molecule has 3 aromatic carbocycles. The van der Waals surface area contributed by atoms with Crippen LogP contribution in [0.4, 0.5) is 5.69 Å². The lowest BCUT2D eigenvalue weighted by Crippen LogP contribution is -2.13. The van der Waals surface area contributed by atoms with E-state index >= 15 is 0 Å². The van der Waals surface area contributed by atoms with Crippen LogP contribution in [0.5, 0.6) is 5.75 Å². The van der Waals surface area contributed by atoms with Crippen molar-refractivity contribution in [1.29, 1.82) is 0 Å². The topological polar surface area (TPSA) is 49.3 Å². The molecule has 3 nitrogen and oxygen atoms in total. The Morgan fingerprint density at radius 3 is 2.34 bits per heavy atom. The maximum atomic E-state index is 12.7. The number of hydrogen-bond acceptors (Lipinski definition) is 2. The van der Waals surface area contributed by atoms with Gasteiger partial charge in [0, 0.05) is 19.8 Å². The van der Waals surface area contributed by atoms with Gasteiger partial charge in [-0.15, -0.1) is 0 Å². The van der Waals surface area contributed by atoms with Crippen LogP contribution in [0.2, 0.25) is 10.0 Å². The molecule has 0 radical (unpaired) electrons. The highest BCUT2D eigenvalue weighted by Crippen LogP contribution is 2.34. The summed E-state index contributed by atoms with van der Waals surface area (Å²) in [4.78, 5) is 12.7. The quantitative estimate of drug-likeness (QED) is 0.287. The predicted octanol–water partition coefficient (Wildman–Crippen LogP) is 7.53. The highest BCUT2D eigenvalue weighted by atomic mass is 127. The summed E-state index contributed by atoms with van der Waals surface area (Å²) in [6.45, 7) is 6.07. The molecule has 0 bridgehead atoms. The van der Waals surface area contributed by atoms with E-state index in [1.807, 2.05) is 47.7 Å². The van der Waals surface area contributed by atoms with Crippen molar-refractivity contribution in [3.63, 3.8) is 0 Å². The van der Waals surface area contributed by atoms with Gasteiger partial charge in [-0.05, 0) is 105 Å². The summed E-state index contributed by atoms with van der Waals surface area (Å²) in [5.41, 5.74) is 4.11. The minimum Gasteiger partial charge on any atom is -0.506 e. The Morgan fingerprint density at radius 1 is 1.07 bits per heavy atom. The number of anilines is 1. The molecule has 0 heterocycles. The van der Waals surface area contributed by atoms with Crippen molar-refractivity contribution in [3.8, 4) is 5.75 Å². The molecule has 0 fully saturated rings. The first-order valence-electron chi connectivity index (χ1n) is 8.42. The van der Waals surface area contributed by atoms with Crippen LogP contribution in [0.25, 0.3) is 5.57 Å². The van der Waals surface area contributed by atoms with E-state index in [0.717, 1.165) is 25.8 Å². The second kappa shape index (κ2) is 9.24. The first-order valence-corrected chi connectivity index (χ1v) is 11.3. The van der Waals surface area contributed by atoms with Crippen LogP contribution in [0.3, 0.4) is 0 Å². The second-order valence-corrected chi connectivity index (χ2v) is 9.62. The van der Waals surface area contributed by atoms with E-state index in [-0.39, 0.29) is 11.3 Å². The summed E-state index contributed by atoms with van der Waals surface area (Å²) in [6.07, 6.45) is 0. The summed E-state index contributed by atoms with van der Waals surface area (Å²) in [5, 5.41) is 14.2. The van der Waals surface area contributed by atoms with Crippen molar-refractivity contribution < 1.29 is 9.90 Å². The third kappa shape index (κ3) is 5.07. The van der Waals surface area contributed by atoms with E-state index in [4.69, 9.17) is 23.2 Å². The highest BCUT2D eigenvalue weighted by molar-refractivity contribution is 14.1. The molecule has 3 rings (SSSR count). The summed E-state index contributed by atoms with van der Waals surface area (Å²) in [6, 6.07) is 14.3. The molecule has 0 spiro atoms. The molecule has 0 saturated heterocycles. The number of phenols is 1. The minimum atomic E-state index is -0.404. The number of amides is 1. The molecule has 29 heavy (non-hydrogen) atoms. The fourth-order valence-electron chi connectivity index (χ4n) is 2.93. The zero-order valence-corrected chi connectivity index (χ0v) is 21.0. The van der Waals surface area contributed by atoms with E-state index in [2.05, 4.69) is 34.5 Å². The Kier molecular flexibility index (Phi) is 7.14. The van der Waals surface area contributed by atoms with Gasteiger partial charge in [0.25, 0.3) is 5.91 Å². The van der Waals surface area contributed by atoms with E-state index < -0.39 is 5.91 Å². The van der Waals surface area contributed by atoms with Gasteiger partial charge in [0.05, 0.1) is 14.2 Å². The Labute approximate surface area is 206 Å². The molecule has 7 heteroatoms. The van der Waals surface area contributed by atoms with Crippen molar-refractivity contribution in [2.75, 3.05) is 5.32 Å². The number of nitrogens with one attached hydrogen (secondary N) is 1. The van der Waals surface area contributed by atoms with Crippen LogP contribution >= 0.6 is 68.4 Å². The molecule has 0 saturated carbocycles. The molecule has 0 unspecified atom stereocenters. The van der Waals surface area contributed by atoms with Gasteiger partial charge < -0.3 is 10.4 Å². The van der Waals surface area contributed by atoms with Gasteiger partial charge in [-0.25, -0.2) is 0 Å². The zero-order valence-electron chi connectivity index (χ0n) is 15.2. The van der Waals surface area contributed by atoms with Crippen LogP contribution in [0, 0.1) is 14.1 Å². The van der Waals surface area contributed by atoms with Gasteiger partial charge in [-0.3, -0.25) is 4.79 Å². The third-order valence-electron chi connectivity index (χ3n) is 4.31. The maximum absolute atomic E-state index is 12.7. The lowest BCUT2D eigenvalue weighted by atomic mass is 9.95. The monoisotopic (exact) mass is 649 g/mol. The van der Waals surface area contributed by atoms with Crippen molar-refractivity contribution >= 4 is 85.6 Å². The summed E-state index contributed by atoms with van der Waals surface area (Å²) in [5.74, 6) is -0.447. The van der Waals surface area contributed by atoms with Crippen LogP contribution in [0.15, 0.2) is 55.1 Å². The zero-order chi connectivity index (χ0) is 21.3. The third-order valence-corrected chi connectivity index (χ3v) is 6.31. The van der Waals surface area contributed by atoms with E-state index in [1.54, 1.807) is 30.3 Å². The van der Waals surface area contributed by atoms with Crippen LogP contribution < -0.4 is 5.32 Å². The van der Waals surface area contributed by atoms with Crippen molar-refractivity contribution in [3.05, 3.63) is 94.5 Å². The molecule has 0 aromatic heterocycles. The Morgan fingerprint density at radius 2 is 1.72 bits per heavy atom. The number of rotatable bonds is 4. The lowest BCUT2D eigenvalue weighted by Gasteiger charge is -2.15. The number of phenolic OH excluding ortho intramolecular Hbond substituents is 1. The number of hydrogen-bond donors (Lipinski definition) is 2. The largest absolute Gasteiger partial charge is 0.506 e. The van der Waals surface area contributed by atoms with Crippen LogP contribution in [0.1, 0.15) is 27.0 Å². The number of aryl methyl sites for hydroxylation is 1. The molecular formula is C22H15Cl2I2NO2. The molecule has 3 aromatic rings. The number of benzene rings is 3. The molecule has 2 N–H and O–H groups in total. The number of carbonyl (C=O) groups is 1. The average molecular weight is 650 g/mol. The van der Waals surface area contributed by atoms with Gasteiger partial charge in [-0.2, -0.15) is 0 Å². The summed E-state index contributed by atoms with van der Waals surface area (Å²) < 4.78 is 1.47. The predicted molar refractivity (Wildman–Crippen MR) is 137 cm³/mol. The van der Waals surface area contributed by atoms with Gasteiger partial charge in [0.1, 0.15) is 5.75 Å². The normalized spacial score (nSPS) is 10.7. The number of halogens is 4. The smallest absolute Gasteiger partial charge is 0.259 e. The Hall–Kier alpha value is -1.29. The number of aromatic hydroxyl groups is 1. The minimum absolute atomic E-state index is 0.0425. The van der Waals surface area contributed by atoms with Crippen molar-refractivity contribution in [2.45, 2.75) is 6.92 Å². The van der Waals surface area contributed by atoms with Gasteiger partial charge in [-0.1, -0.05) is 41.9 Å². The van der Waals surface area contributed by atoms with Crippen LogP contribution in [-0.4, -0.2) is 11.0 Å². The van der Waals surface area contributed by atoms with E-state index in [9.17, 15) is 9.90 Å². The van der Waals surface area contributed by atoms with E-state index in [0.29, 0.717) is 19.3 Å². The molecule has 0 aliphatic carbocycles. The standard InChI is InChI=1S/C22H15Cl2I2NO2/c1-11-7-16(27-22(29)17-8-15(25)9-19(26)21(17)28)10-18(24)20(11)12(2)13-3-5-14(23)6-4-13/h3-10,28H,2H2,1H3,(H,27,29). The molecule has 148 valence electrons. The highest BCUT2D eigenvalue weighted by Gasteiger charge is 2.17. The van der Waals surface area contributed by atoms with Crippen molar-refractivity contribution in [1.82, 2.24) is 0 Å². The summed E-state index contributed by atoms with van der Waals surface area (Å²) >= 11 is 16.6. The average Bonchev–Trinajstić information content (AvgIpc) is 2.64. The Bertz CT molecular complexity index is 1110. The van der Waals surface area contributed by atoms with Gasteiger partial charge in [0.15, 0.2) is 0 Å². The van der Waals surface area contributed by atoms with Crippen LogP contribution in [-0.2, 0) is 0 Å². The SMILES string of the molecule is C=C(c1ccc(Cl)cc1)c1c(C)cc(NC(=O)c2cc(I)cc(I)c2O)cc1Cl.